The first kappa shape index (κ1) is 13.0. The quantitative estimate of drug-likeness (QED) is 0.776. The van der Waals surface area contributed by atoms with E-state index in [1.807, 2.05) is 13.0 Å². The molecule has 16 heavy (non-hydrogen) atoms. The van der Waals surface area contributed by atoms with E-state index in [0.29, 0.717) is 23.6 Å². The maximum atomic E-state index is 11.7. The van der Waals surface area contributed by atoms with Crippen LogP contribution >= 0.6 is 11.6 Å². The molecular formula is C12H16ClNO2. The molecule has 1 aromatic rings. The molecular weight excluding hydrogens is 226 g/mol. The van der Waals surface area contributed by atoms with Gasteiger partial charge in [-0.2, -0.15) is 0 Å². The third kappa shape index (κ3) is 3.83. The molecule has 0 atom stereocenters. The van der Waals surface area contributed by atoms with Crippen LogP contribution in [0.5, 0.6) is 0 Å². The summed E-state index contributed by atoms with van der Waals surface area (Å²) in [5, 5.41) is 11.8. The SMILES string of the molecule is Cc1ccc(C(=O)NCCCCO)c(Cl)c1. The Morgan fingerprint density at radius 2 is 2.19 bits per heavy atom. The summed E-state index contributed by atoms with van der Waals surface area (Å²) in [4.78, 5) is 11.7. The van der Waals surface area contributed by atoms with Gasteiger partial charge in [-0.25, -0.2) is 0 Å². The molecule has 0 fully saturated rings. The van der Waals surface area contributed by atoms with Crippen LogP contribution in [0.25, 0.3) is 0 Å². The first-order chi connectivity index (χ1) is 7.65. The van der Waals surface area contributed by atoms with E-state index in [2.05, 4.69) is 5.32 Å². The maximum absolute atomic E-state index is 11.7. The molecule has 0 aliphatic heterocycles. The van der Waals surface area contributed by atoms with Gasteiger partial charge in [-0.1, -0.05) is 17.7 Å². The first-order valence-corrected chi connectivity index (χ1v) is 5.68. The van der Waals surface area contributed by atoms with Crippen molar-refractivity contribution in [2.45, 2.75) is 19.8 Å². The highest BCUT2D eigenvalue weighted by atomic mass is 35.5. The van der Waals surface area contributed by atoms with Crippen LogP contribution in [0.2, 0.25) is 5.02 Å². The Balaban J connectivity index is 2.53. The lowest BCUT2D eigenvalue weighted by molar-refractivity contribution is 0.0952. The van der Waals surface area contributed by atoms with Gasteiger partial charge in [0.25, 0.3) is 5.91 Å². The van der Waals surface area contributed by atoms with Gasteiger partial charge >= 0.3 is 0 Å². The van der Waals surface area contributed by atoms with E-state index in [1.165, 1.54) is 0 Å². The van der Waals surface area contributed by atoms with Crippen LogP contribution in [0.4, 0.5) is 0 Å². The molecule has 0 aliphatic rings. The third-order valence-electron chi connectivity index (χ3n) is 2.24. The van der Waals surface area contributed by atoms with Crippen molar-refractivity contribution in [3.63, 3.8) is 0 Å². The van der Waals surface area contributed by atoms with Gasteiger partial charge in [0.2, 0.25) is 0 Å². The molecule has 0 saturated carbocycles. The van der Waals surface area contributed by atoms with Crippen LogP contribution in [0.1, 0.15) is 28.8 Å². The summed E-state index contributed by atoms with van der Waals surface area (Å²) in [6, 6.07) is 5.34. The van der Waals surface area contributed by atoms with E-state index in [0.717, 1.165) is 12.0 Å². The largest absolute Gasteiger partial charge is 0.396 e. The second-order valence-corrected chi connectivity index (χ2v) is 4.08. The number of aryl methyl sites for hydroxylation is 1. The molecule has 0 aromatic heterocycles. The molecule has 2 N–H and O–H groups in total. The Kier molecular flexibility index (Phi) is 5.29. The van der Waals surface area contributed by atoms with Gasteiger partial charge in [-0.15, -0.1) is 0 Å². The van der Waals surface area contributed by atoms with Gasteiger partial charge < -0.3 is 10.4 Å². The zero-order valence-electron chi connectivity index (χ0n) is 9.29. The van der Waals surface area contributed by atoms with Gasteiger partial charge in [-0.3, -0.25) is 4.79 Å². The Hall–Kier alpha value is -1.06. The standard InChI is InChI=1S/C12H16ClNO2/c1-9-4-5-10(11(13)8-9)12(16)14-6-2-3-7-15/h4-5,8,15H,2-3,6-7H2,1H3,(H,14,16). The molecule has 3 nitrogen and oxygen atoms in total. The number of aliphatic hydroxyl groups excluding tert-OH is 1. The fourth-order valence-electron chi connectivity index (χ4n) is 1.34. The second-order valence-electron chi connectivity index (χ2n) is 3.67. The maximum Gasteiger partial charge on any atom is 0.252 e. The van der Waals surface area contributed by atoms with Crippen molar-refractivity contribution in [1.82, 2.24) is 5.32 Å². The van der Waals surface area contributed by atoms with Crippen LogP contribution in [0.15, 0.2) is 18.2 Å². The van der Waals surface area contributed by atoms with E-state index in [-0.39, 0.29) is 12.5 Å². The number of unbranched alkanes of at least 4 members (excludes halogenated alkanes) is 1. The van der Waals surface area contributed by atoms with E-state index in [4.69, 9.17) is 16.7 Å². The molecule has 0 bridgehead atoms. The van der Waals surface area contributed by atoms with Crippen molar-refractivity contribution in [1.29, 1.82) is 0 Å². The van der Waals surface area contributed by atoms with E-state index >= 15 is 0 Å². The summed E-state index contributed by atoms with van der Waals surface area (Å²) < 4.78 is 0. The fraction of sp³-hybridized carbons (Fsp3) is 0.417. The van der Waals surface area contributed by atoms with E-state index in [1.54, 1.807) is 12.1 Å². The van der Waals surface area contributed by atoms with Gasteiger partial charge in [0.05, 0.1) is 10.6 Å². The summed E-state index contributed by atoms with van der Waals surface area (Å²) in [5.41, 5.74) is 1.53. The number of nitrogens with one attached hydrogen (secondary N) is 1. The van der Waals surface area contributed by atoms with Gasteiger partial charge in [0.15, 0.2) is 0 Å². The molecule has 1 rings (SSSR count). The summed E-state index contributed by atoms with van der Waals surface area (Å²) in [6.45, 7) is 2.64. The number of carbonyl (C=O) groups is 1. The minimum Gasteiger partial charge on any atom is -0.396 e. The highest BCUT2D eigenvalue weighted by molar-refractivity contribution is 6.33. The molecule has 1 aromatic carbocycles. The van der Waals surface area contributed by atoms with Crippen LogP contribution in [-0.2, 0) is 0 Å². The Morgan fingerprint density at radius 3 is 2.81 bits per heavy atom. The molecule has 0 heterocycles. The minimum atomic E-state index is -0.164. The monoisotopic (exact) mass is 241 g/mol. The highest BCUT2D eigenvalue weighted by Gasteiger charge is 2.08. The lowest BCUT2D eigenvalue weighted by Crippen LogP contribution is -2.24. The Bertz CT molecular complexity index is 366. The molecule has 0 unspecified atom stereocenters. The number of aliphatic hydroxyl groups is 1. The van der Waals surface area contributed by atoms with Crippen LogP contribution in [0, 0.1) is 6.92 Å². The zero-order valence-corrected chi connectivity index (χ0v) is 10.0. The predicted molar refractivity (Wildman–Crippen MR) is 64.8 cm³/mol. The smallest absolute Gasteiger partial charge is 0.252 e. The van der Waals surface area contributed by atoms with Crippen LogP contribution < -0.4 is 5.32 Å². The number of hydrogen-bond acceptors (Lipinski definition) is 2. The molecule has 4 heteroatoms. The van der Waals surface area contributed by atoms with Crippen molar-refractivity contribution in [2.75, 3.05) is 13.2 Å². The zero-order chi connectivity index (χ0) is 12.0. The summed E-state index contributed by atoms with van der Waals surface area (Å²) >= 11 is 5.96. The number of hydrogen-bond donors (Lipinski definition) is 2. The third-order valence-corrected chi connectivity index (χ3v) is 2.55. The molecule has 0 aliphatic carbocycles. The molecule has 0 saturated heterocycles. The lowest BCUT2D eigenvalue weighted by atomic mass is 10.1. The molecule has 0 radical (unpaired) electrons. The number of benzene rings is 1. The number of rotatable bonds is 5. The normalized spacial score (nSPS) is 10.2. The van der Waals surface area contributed by atoms with Gasteiger partial charge in [0.1, 0.15) is 0 Å². The lowest BCUT2D eigenvalue weighted by Gasteiger charge is -2.06. The van der Waals surface area contributed by atoms with Crippen molar-refractivity contribution < 1.29 is 9.90 Å². The fourth-order valence-corrected chi connectivity index (χ4v) is 1.66. The number of carbonyl (C=O) groups excluding carboxylic acids is 1. The average Bonchev–Trinajstić information content (AvgIpc) is 2.24. The Labute approximate surface area is 100 Å². The summed E-state index contributed by atoms with van der Waals surface area (Å²) in [6.07, 6.45) is 1.47. The molecule has 1 amide bonds. The van der Waals surface area contributed by atoms with Crippen molar-refractivity contribution in [3.8, 4) is 0 Å². The van der Waals surface area contributed by atoms with Gasteiger partial charge in [-0.05, 0) is 37.5 Å². The molecule has 0 spiro atoms. The number of halogens is 1. The number of amides is 1. The highest BCUT2D eigenvalue weighted by Crippen LogP contribution is 2.17. The minimum absolute atomic E-state index is 0.154. The predicted octanol–water partition coefficient (Wildman–Crippen LogP) is 2.15. The second kappa shape index (κ2) is 6.51. The first-order valence-electron chi connectivity index (χ1n) is 5.30. The average molecular weight is 242 g/mol. The topological polar surface area (TPSA) is 49.3 Å². The molecule has 88 valence electrons. The van der Waals surface area contributed by atoms with Crippen LogP contribution in [-0.4, -0.2) is 24.2 Å². The Morgan fingerprint density at radius 1 is 1.44 bits per heavy atom. The van der Waals surface area contributed by atoms with E-state index < -0.39 is 0 Å². The van der Waals surface area contributed by atoms with E-state index in [9.17, 15) is 4.79 Å². The van der Waals surface area contributed by atoms with Crippen LogP contribution in [0.3, 0.4) is 0 Å². The van der Waals surface area contributed by atoms with Gasteiger partial charge in [0, 0.05) is 13.2 Å². The van der Waals surface area contributed by atoms with Crippen molar-refractivity contribution in [2.24, 2.45) is 0 Å². The van der Waals surface area contributed by atoms with Crippen molar-refractivity contribution >= 4 is 17.5 Å². The summed E-state index contributed by atoms with van der Waals surface area (Å²) in [7, 11) is 0. The summed E-state index contributed by atoms with van der Waals surface area (Å²) in [5.74, 6) is -0.164. The van der Waals surface area contributed by atoms with Crippen molar-refractivity contribution in [3.05, 3.63) is 34.3 Å².